The van der Waals surface area contributed by atoms with Crippen LogP contribution in [0.1, 0.15) is 0 Å². The van der Waals surface area contributed by atoms with E-state index in [2.05, 4.69) is 10.3 Å². The number of hydrogen-bond acceptors (Lipinski definition) is 5. The van der Waals surface area contributed by atoms with E-state index in [1.165, 1.54) is 0 Å². The van der Waals surface area contributed by atoms with E-state index in [0.29, 0.717) is 5.75 Å². The van der Waals surface area contributed by atoms with Gasteiger partial charge < -0.3 is 20.5 Å². The molecule has 1 aliphatic rings. The normalized spacial score (nSPS) is 21.8. The number of nitrogens with one attached hydrogen (secondary N) is 1. The monoisotopic (exact) mass is 313 g/mol. The van der Waals surface area contributed by atoms with Crippen LogP contribution in [-0.4, -0.2) is 52.2 Å². The van der Waals surface area contributed by atoms with Gasteiger partial charge in [-0.1, -0.05) is 6.07 Å². The van der Waals surface area contributed by atoms with Crippen LogP contribution in [0.15, 0.2) is 29.3 Å². The van der Waals surface area contributed by atoms with Gasteiger partial charge in [0.15, 0.2) is 15.8 Å². The van der Waals surface area contributed by atoms with E-state index in [9.17, 15) is 8.42 Å². The number of nitrogens with zero attached hydrogens (tertiary/aromatic N) is 1. The van der Waals surface area contributed by atoms with E-state index in [1.54, 1.807) is 13.2 Å². The summed E-state index contributed by atoms with van der Waals surface area (Å²) in [4.78, 5) is 4.12. The Morgan fingerprint density at radius 3 is 3.10 bits per heavy atom. The van der Waals surface area contributed by atoms with Gasteiger partial charge in [-0.25, -0.2) is 8.42 Å². The van der Waals surface area contributed by atoms with Crippen molar-refractivity contribution in [1.29, 1.82) is 0 Å². The Bertz CT molecular complexity index is 616. The molecule has 0 bridgehead atoms. The molecule has 0 aliphatic carbocycles. The summed E-state index contributed by atoms with van der Waals surface area (Å²) in [7, 11) is -1.44. The van der Waals surface area contributed by atoms with Gasteiger partial charge in [0.1, 0.15) is 5.75 Å². The number of methoxy groups -OCH3 is 1. The highest BCUT2D eigenvalue weighted by Crippen LogP contribution is 2.16. The van der Waals surface area contributed by atoms with Crippen molar-refractivity contribution in [2.24, 2.45) is 10.7 Å². The fourth-order valence-corrected chi connectivity index (χ4v) is 3.24. The standard InChI is InChI=1S/C13H19N3O4S/c1-19-11-4-2-3-10(7-11)16-13(14)15-8-12-9-21(17,18)6-5-20-12/h2-4,7,12H,5-6,8-9H2,1H3,(H3,14,15,16). The predicted octanol–water partition coefficient (Wildman–Crippen LogP) is 0.235. The fraction of sp³-hybridized carbons (Fsp3) is 0.462. The van der Waals surface area contributed by atoms with Crippen LogP contribution < -0.4 is 15.8 Å². The molecule has 116 valence electrons. The predicted molar refractivity (Wildman–Crippen MR) is 81.5 cm³/mol. The molecule has 1 aromatic rings. The van der Waals surface area contributed by atoms with Gasteiger partial charge in [0.05, 0.1) is 37.9 Å². The third kappa shape index (κ3) is 4.91. The second-order valence-electron chi connectivity index (χ2n) is 4.69. The summed E-state index contributed by atoms with van der Waals surface area (Å²) in [5.74, 6) is 0.970. The van der Waals surface area contributed by atoms with E-state index in [-0.39, 0.29) is 30.6 Å². The van der Waals surface area contributed by atoms with E-state index in [4.69, 9.17) is 15.2 Å². The van der Waals surface area contributed by atoms with E-state index < -0.39 is 15.9 Å². The first-order chi connectivity index (χ1) is 9.98. The Morgan fingerprint density at radius 2 is 2.38 bits per heavy atom. The van der Waals surface area contributed by atoms with Gasteiger partial charge in [-0.3, -0.25) is 4.99 Å². The van der Waals surface area contributed by atoms with Gasteiger partial charge in [-0.15, -0.1) is 0 Å². The summed E-state index contributed by atoms with van der Waals surface area (Å²) in [6.07, 6.45) is -0.436. The number of anilines is 1. The van der Waals surface area contributed by atoms with Crippen molar-refractivity contribution < 1.29 is 17.9 Å². The van der Waals surface area contributed by atoms with Gasteiger partial charge in [0.25, 0.3) is 0 Å². The Balaban J connectivity index is 1.92. The molecule has 21 heavy (non-hydrogen) atoms. The molecule has 0 spiro atoms. The summed E-state index contributed by atoms with van der Waals surface area (Å²) in [5.41, 5.74) is 6.52. The van der Waals surface area contributed by atoms with Crippen molar-refractivity contribution >= 4 is 21.5 Å². The van der Waals surface area contributed by atoms with Gasteiger partial charge in [0.2, 0.25) is 0 Å². The highest BCUT2D eigenvalue weighted by Gasteiger charge is 2.25. The van der Waals surface area contributed by atoms with Crippen molar-refractivity contribution in [3.8, 4) is 5.75 Å². The molecule has 0 amide bonds. The van der Waals surface area contributed by atoms with Crippen LogP contribution in [-0.2, 0) is 14.6 Å². The Hall–Kier alpha value is -1.80. The third-order valence-electron chi connectivity index (χ3n) is 3.00. The summed E-state index contributed by atoms with van der Waals surface area (Å²) < 4.78 is 33.4. The van der Waals surface area contributed by atoms with Gasteiger partial charge >= 0.3 is 0 Å². The Labute approximate surface area is 124 Å². The molecule has 1 aromatic carbocycles. The largest absolute Gasteiger partial charge is 0.497 e. The molecule has 7 nitrogen and oxygen atoms in total. The molecule has 0 aromatic heterocycles. The lowest BCUT2D eigenvalue weighted by Gasteiger charge is -2.21. The lowest BCUT2D eigenvalue weighted by atomic mass is 10.3. The number of rotatable bonds is 4. The zero-order chi connectivity index (χ0) is 15.3. The van der Waals surface area contributed by atoms with Crippen molar-refractivity contribution in [3.63, 3.8) is 0 Å². The summed E-state index contributed by atoms with van der Waals surface area (Å²) in [6.45, 7) is 0.424. The first-order valence-corrected chi connectivity index (χ1v) is 8.34. The van der Waals surface area contributed by atoms with Crippen LogP contribution in [0.5, 0.6) is 5.75 Å². The van der Waals surface area contributed by atoms with Gasteiger partial charge in [-0.05, 0) is 12.1 Å². The SMILES string of the molecule is COc1cccc(NC(N)=NCC2CS(=O)(=O)CCO2)c1. The van der Waals surface area contributed by atoms with Crippen molar-refractivity contribution in [3.05, 3.63) is 24.3 Å². The van der Waals surface area contributed by atoms with Crippen LogP contribution in [0.25, 0.3) is 0 Å². The first kappa shape index (κ1) is 15.6. The van der Waals surface area contributed by atoms with Crippen LogP contribution >= 0.6 is 0 Å². The van der Waals surface area contributed by atoms with Crippen LogP contribution in [0.2, 0.25) is 0 Å². The molecule has 1 atom stereocenters. The number of aliphatic imine (C=N–C) groups is 1. The van der Waals surface area contributed by atoms with Gasteiger partial charge in [-0.2, -0.15) is 0 Å². The molecule has 1 heterocycles. The summed E-state index contributed by atoms with van der Waals surface area (Å²) in [6, 6.07) is 7.25. The van der Waals surface area contributed by atoms with Crippen LogP contribution in [0, 0.1) is 0 Å². The van der Waals surface area contributed by atoms with Crippen LogP contribution in [0.4, 0.5) is 5.69 Å². The maximum Gasteiger partial charge on any atom is 0.193 e. The zero-order valence-corrected chi connectivity index (χ0v) is 12.6. The molecular weight excluding hydrogens is 294 g/mol. The molecule has 1 aliphatic heterocycles. The van der Waals surface area contributed by atoms with Crippen molar-refractivity contribution in [1.82, 2.24) is 0 Å². The maximum atomic E-state index is 11.5. The number of ether oxygens (including phenoxy) is 2. The molecule has 1 saturated heterocycles. The number of guanidine groups is 1. The lowest BCUT2D eigenvalue weighted by molar-refractivity contribution is 0.0783. The second-order valence-corrected chi connectivity index (χ2v) is 6.92. The van der Waals surface area contributed by atoms with Crippen molar-refractivity contribution in [2.75, 3.05) is 37.1 Å². The molecule has 1 fully saturated rings. The van der Waals surface area contributed by atoms with E-state index in [1.807, 2.05) is 18.2 Å². The second kappa shape index (κ2) is 6.77. The minimum absolute atomic E-state index is 0.0110. The smallest absolute Gasteiger partial charge is 0.193 e. The quantitative estimate of drug-likeness (QED) is 0.609. The third-order valence-corrected chi connectivity index (χ3v) is 4.66. The fourth-order valence-electron chi connectivity index (χ4n) is 1.95. The van der Waals surface area contributed by atoms with Gasteiger partial charge in [0, 0.05) is 11.8 Å². The highest BCUT2D eigenvalue weighted by molar-refractivity contribution is 7.91. The summed E-state index contributed by atoms with van der Waals surface area (Å²) in [5, 5.41) is 2.92. The number of sulfone groups is 1. The number of hydrogen-bond donors (Lipinski definition) is 2. The molecule has 2 rings (SSSR count). The first-order valence-electron chi connectivity index (χ1n) is 6.51. The lowest BCUT2D eigenvalue weighted by Crippen LogP contribution is -2.37. The number of nitrogens with two attached hydrogens (primary N) is 1. The zero-order valence-electron chi connectivity index (χ0n) is 11.8. The molecule has 0 radical (unpaired) electrons. The maximum absolute atomic E-state index is 11.5. The highest BCUT2D eigenvalue weighted by atomic mass is 32.2. The molecular formula is C13H19N3O4S. The topological polar surface area (TPSA) is 103 Å². The summed E-state index contributed by atoms with van der Waals surface area (Å²) >= 11 is 0. The van der Waals surface area contributed by atoms with Crippen molar-refractivity contribution in [2.45, 2.75) is 6.10 Å². The minimum atomic E-state index is -3.02. The Morgan fingerprint density at radius 1 is 1.57 bits per heavy atom. The van der Waals surface area contributed by atoms with Crippen LogP contribution in [0.3, 0.4) is 0 Å². The molecule has 8 heteroatoms. The van der Waals surface area contributed by atoms with E-state index >= 15 is 0 Å². The Kier molecular flexibility index (Phi) is 5.03. The average Bonchev–Trinajstić information content (AvgIpc) is 2.44. The number of benzene rings is 1. The van der Waals surface area contributed by atoms with E-state index in [0.717, 1.165) is 5.69 Å². The molecule has 1 unspecified atom stereocenters. The average molecular weight is 313 g/mol. The molecule has 0 saturated carbocycles. The molecule has 3 N–H and O–H groups in total. The minimum Gasteiger partial charge on any atom is -0.497 e.